The second-order valence-corrected chi connectivity index (χ2v) is 9.37. The molecule has 0 aromatic heterocycles. The number of nitrogens with zero attached hydrogens (tertiary/aromatic N) is 3. The lowest BCUT2D eigenvalue weighted by molar-refractivity contribution is -0.137. The lowest BCUT2D eigenvalue weighted by atomic mass is 9.83. The second-order valence-electron chi connectivity index (χ2n) is 9.37. The van der Waals surface area contributed by atoms with Crippen molar-refractivity contribution < 1.29 is 14.3 Å². The van der Waals surface area contributed by atoms with Crippen LogP contribution in [0.5, 0.6) is 0 Å². The zero-order valence-electron chi connectivity index (χ0n) is 18.9. The van der Waals surface area contributed by atoms with E-state index in [1.165, 1.54) is 45.2 Å². The summed E-state index contributed by atoms with van der Waals surface area (Å²) in [5, 5.41) is 0. The number of ether oxygens (including phenoxy) is 1. The molecule has 3 heterocycles. The van der Waals surface area contributed by atoms with Crippen LogP contribution >= 0.6 is 0 Å². The molecule has 3 aliphatic rings. The Hall–Kier alpha value is -1.92. The molecular weight excluding hydrogens is 390 g/mol. The zero-order chi connectivity index (χ0) is 21.6. The van der Waals surface area contributed by atoms with Gasteiger partial charge in [0.15, 0.2) is 0 Å². The maximum atomic E-state index is 13.6. The van der Waals surface area contributed by atoms with Crippen LogP contribution in [0.4, 0.5) is 5.69 Å². The Bertz CT molecular complexity index is 739. The van der Waals surface area contributed by atoms with Gasteiger partial charge in [0, 0.05) is 51.5 Å². The standard InChI is InChI=1S/C25H37N3O3/c1-31-16-8-15-27(18-20-9-7-14-26-13-6-5-12-23(20)26)25(30)21-17-24(29)28(19-21)22-10-3-2-4-11-22/h2-4,10-11,20-21,23H,5-9,12-19H2,1H3. The lowest BCUT2D eigenvalue weighted by Crippen LogP contribution is -2.52. The molecule has 3 unspecified atom stereocenters. The quantitative estimate of drug-likeness (QED) is 0.598. The summed E-state index contributed by atoms with van der Waals surface area (Å²) < 4.78 is 5.26. The number of para-hydroxylation sites is 1. The number of benzene rings is 1. The van der Waals surface area contributed by atoms with Gasteiger partial charge in [0.2, 0.25) is 11.8 Å². The Balaban J connectivity index is 1.44. The van der Waals surface area contributed by atoms with Crippen LogP contribution in [0.25, 0.3) is 0 Å². The van der Waals surface area contributed by atoms with Gasteiger partial charge in [-0.3, -0.25) is 9.59 Å². The molecule has 170 valence electrons. The van der Waals surface area contributed by atoms with Gasteiger partial charge in [-0.05, 0) is 63.2 Å². The van der Waals surface area contributed by atoms with E-state index < -0.39 is 0 Å². The molecule has 31 heavy (non-hydrogen) atoms. The SMILES string of the molecule is COCCCN(CC1CCCN2CCCCC12)C(=O)C1CC(=O)N(c2ccccc2)C1. The Morgan fingerprint density at radius 3 is 2.74 bits per heavy atom. The topological polar surface area (TPSA) is 53.1 Å². The first-order valence-corrected chi connectivity index (χ1v) is 12.0. The fraction of sp³-hybridized carbons (Fsp3) is 0.680. The predicted molar refractivity (Wildman–Crippen MR) is 122 cm³/mol. The van der Waals surface area contributed by atoms with Crippen molar-refractivity contribution >= 4 is 17.5 Å². The van der Waals surface area contributed by atoms with Gasteiger partial charge < -0.3 is 19.4 Å². The Morgan fingerprint density at radius 2 is 1.94 bits per heavy atom. The van der Waals surface area contributed by atoms with Crippen molar-refractivity contribution in [3.8, 4) is 0 Å². The molecule has 0 radical (unpaired) electrons. The highest BCUT2D eigenvalue weighted by molar-refractivity contribution is 6.00. The smallest absolute Gasteiger partial charge is 0.228 e. The molecule has 4 rings (SSSR count). The summed E-state index contributed by atoms with van der Waals surface area (Å²) in [6.45, 7) is 5.10. The second kappa shape index (κ2) is 10.6. The summed E-state index contributed by atoms with van der Waals surface area (Å²) in [6, 6.07) is 10.3. The van der Waals surface area contributed by atoms with Crippen LogP contribution in [0.3, 0.4) is 0 Å². The van der Waals surface area contributed by atoms with Crippen molar-refractivity contribution in [2.75, 3.05) is 51.3 Å². The van der Waals surface area contributed by atoms with Crippen LogP contribution < -0.4 is 4.90 Å². The monoisotopic (exact) mass is 427 g/mol. The average Bonchev–Trinajstić information content (AvgIpc) is 3.20. The molecule has 6 heteroatoms. The van der Waals surface area contributed by atoms with Crippen molar-refractivity contribution in [3.63, 3.8) is 0 Å². The molecule has 0 saturated carbocycles. The molecule has 3 saturated heterocycles. The van der Waals surface area contributed by atoms with E-state index in [4.69, 9.17) is 4.74 Å². The van der Waals surface area contributed by atoms with Crippen molar-refractivity contribution in [3.05, 3.63) is 30.3 Å². The number of piperidine rings is 2. The fourth-order valence-electron chi connectivity index (χ4n) is 5.75. The summed E-state index contributed by atoms with van der Waals surface area (Å²) in [7, 11) is 1.71. The number of hydrogen-bond donors (Lipinski definition) is 0. The highest BCUT2D eigenvalue weighted by Crippen LogP contribution is 2.32. The summed E-state index contributed by atoms with van der Waals surface area (Å²) in [5.74, 6) is 0.498. The normalized spacial score (nSPS) is 26.7. The van der Waals surface area contributed by atoms with Crippen molar-refractivity contribution in [2.45, 2.75) is 51.0 Å². The van der Waals surface area contributed by atoms with Gasteiger partial charge in [-0.1, -0.05) is 24.6 Å². The number of carbonyl (C=O) groups is 2. The van der Waals surface area contributed by atoms with Gasteiger partial charge >= 0.3 is 0 Å². The number of hydrogen-bond acceptors (Lipinski definition) is 4. The van der Waals surface area contributed by atoms with Crippen LogP contribution in [0.2, 0.25) is 0 Å². The molecule has 0 spiro atoms. The summed E-state index contributed by atoms with van der Waals surface area (Å²) in [4.78, 5) is 32.8. The van der Waals surface area contributed by atoms with Crippen molar-refractivity contribution in [2.24, 2.45) is 11.8 Å². The summed E-state index contributed by atoms with van der Waals surface area (Å²) in [6.07, 6.45) is 7.45. The van der Waals surface area contributed by atoms with Gasteiger partial charge in [0.05, 0.1) is 5.92 Å². The van der Waals surface area contributed by atoms with E-state index in [9.17, 15) is 9.59 Å². The molecule has 0 bridgehead atoms. The number of rotatable bonds is 8. The first-order chi connectivity index (χ1) is 15.2. The first-order valence-electron chi connectivity index (χ1n) is 12.0. The number of carbonyl (C=O) groups excluding carboxylic acids is 2. The van der Waals surface area contributed by atoms with Crippen molar-refractivity contribution in [1.82, 2.24) is 9.80 Å². The van der Waals surface area contributed by atoms with E-state index in [2.05, 4.69) is 9.80 Å². The highest BCUT2D eigenvalue weighted by Gasteiger charge is 2.39. The van der Waals surface area contributed by atoms with E-state index in [-0.39, 0.29) is 17.7 Å². The van der Waals surface area contributed by atoms with Gasteiger partial charge in [0.25, 0.3) is 0 Å². The first kappa shape index (κ1) is 22.3. The number of methoxy groups -OCH3 is 1. The van der Waals surface area contributed by atoms with E-state index in [0.29, 0.717) is 38.1 Å². The van der Waals surface area contributed by atoms with Crippen LogP contribution in [0, 0.1) is 11.8 Å². The van der Waals surface area contributed by atoms with E-state index in [0.717, 1.165) is 18.7 Å². The van der Waals surface area contributed by atoms with Gasteiger partial charge in [-0.25, -0.2) is 0 Å². The minimum Gasteiger partial charge on any atom is -0.385 e. The maximum Gasteiger partial charge on any atom is 0.228 e. The van der Waals surface area contributed by atoms with Crippen molar-refractivity contribution in [1.29, 1.82) is 0 Å². The molecule has 0 N–H and O–H groups in total. The van der Waals surface area contributed by atoms with Crippen LogP contribution in [0.1, 0.15) is 44.9 Å². The Kier molecular flexibility index (Phi) is 7.62. The zero-order valence-corrected chi connectivity index (χ0v) is 18.9. The van der Waals surface area contributed by atoms with E-state index in [1.54, 1.807) is 12.0 Å². The molecule has 3 aliphatic heterocycles. The van der Waals surface area contributed by atoms with Crippen LogP contribution in [0.15, 0.2) is 30.3 Å². The van der Waals surface area contributed by atoms with Crippen LogP contribution in [-0.2, 0) is 14.3 Å². The predicted octanol–water partition coefficient (Wildman–Crippen LogP) is 3.17. The van der Waals surface area contributed by atoms with E-state index in [1.807, 2.05) is 30.3 Å². The summed E-state index contributed by atoms with van der Waals surface area (Å²) in [5.41, 5.74) is 0.888. The Morgan fingerprint density at radius 1 is 1.13 bits per heavy atom. The molecule has 1 aromatic carbocycles. The summed E-state index contributed by atoms with van der Waals surface area (Å²) >= 11 is 0. The van der Waals surface area contributed by atoms with Crippen LogP contribution in [-0.4, -0.2) is 74.1 Å². The minimum atomic E-state index is -0.249. The third-order valence-electron chi connectivity index (χ3n) is 7.31. The Labute approximate surface area is 186 Å². The average molecular weight is 428 g/mol. The molecule has 3 atom stereocenters. The molecule has 3 fully saturated rings. The molecule has 2 amide bonds. The number of anilines is 1. The lowest BCUT2D eigenvalue weighted by Gasteiger charge is -2.46. The van der Waals surface area contributed by atoms with E-state index >= 15 is 0 Å². The van der Waals surface area contributed by atoms with Gasteiger partial charge in [-0.2, -0.15) is 0 Å². The number of amides is 2. The molecular formula is C25H37N3O3. The molecule has 1 aromatic rings. The van der Waals surface area contributed by atoms with Gasteiger partial charge in [0.1, 0.15) is 0 Å². The third kappa shape index (κ3) is 5.29. The minimum absolute atomic E-state index is 0.0533. The molecule has 6 nitrogen and oxygen atoms in total. The van der Waals surface area contributed by atoms with Gasteiger partial charge in [-0.15, -0.1) is 0 Å². The third-order valence-corrected chi connectivity index (χ3v) is 7.31. The number of fused-ring (bicyclic) bond motifs is 1. The molecule has 0 aliphatic carbocycles. The highest BCUT2D eigenvalue weighted by atomic mass is 16.5. The largest absolute Gasteiger partial charge is 0.385 e. The maximum absolute atomic E-state index is 13.6. The fourth-order valence-corrected chi connectivity index (χ4v) is 5.75.